The van der Waals surface area contributed by atoms with E-state index in [4.69, 9.17) is 19.7 Å². The summed E-state index contributed by atoms with van der Waals surface area (Å²) in [5, 5.41) is 39.6. The summed E-state index contributed by atoms with van der Waals surface area (Å²) in [4.78, 5) is 18.8. The van der Waals surface area contributed by atoms with Crippen LogP contribution in [0.2, 0.25) is 0 Å². The first kappa shape index (κ1) is 26.2. The van der Waals surface area contributed by atoms with Gasteiger partial charge in [-0.3, -0.25) is 4.98 Å². The molecule has 5 atom stereocenters. The lowest BCUT2D eigenvalue weighted by Crippen LogP contribution is -2.40. The number of rotatable bonds is 7. The second kappa shape index (κ2) is 10.4. The average Bonchev–Trinajstić information content (AvgIpc) is 3.40. The minimum atomic E-state index is -1.13. The maximum Gasteiger partial charge on any atom is 0.224 e. The van der Waals surface area contributed by atoms with Crippen molar-refractivity contribution in [2.75, 3.05) is 30.4 Å². The van der Waals surface area contributed by atoms with Gasteiger partial charge in [-0.1, -0.05) is 0 Å². The monoisotopic (exact) mass is 528 g/mol. The van der Waals surface area contributed by atoms with E-state index in [9.17, 15) is 15.3 Å². The molecule has 2 fully saturated rings. The third-order valence-corrected chi connectivity index (χ3v) is 8.55. The van der Waals surface area contributed by atoms with E-state index in [1.807, 2.05) is 19.9 Å². The highest BCUT2D eigenvalue weighted by molar-refractivity contribution is 7.21. The number of anilines is 2. The predicted molar refractivity (Wildman–Crippen MR) is 144 cm³/mol. The van der Waals surface area contributed by atoms with Crippen LogP contribution in [0.25, 0.3) is 20.8 Å². The van der Waals surface area contributed by atoms with Gasteiger partial charge in [0.2, 0.25) is 5.95 Å². The number of aliphatic hydroxyl groups excluding tert-OH is 2. The summed E-state index contributed by atoms with van der Waals surface area (Å²) in [5.41, 5.74) is 2.06. The zero-order valence-electron chi connectivity index (χ0n) is 21.7. The van der Waals surface area contributed by atoms with Crippen LogP contribution in [0, 0.1) is 25.7 Å². The molecule has 5 N–H and O–H groups in total. The van der Waals surface area contributed by atoms with Crippen LogP contribution in [-0.2, 0) is 4.74 Å². The molecule has 0 bridgehead atoms. The van der Waals surface area contributed by atoms with Crippen LogP contribution in [0.1, 0.15) is 44.5 Å². The number of aryl methyl sites for hydroxylation is 2. The predicted octanol–water partition coefficient (Wildman–Crippen LogP) is 2.90. The Hall–Kier alpha value is -2.44. The van der Waals surface area contributed by atoms with Crippen molar-refractivity contribution in [1.82, 2.24) is 19.9 Å². The Morgan fingerprint density at radius 3 is 2.62 bits per heavy atom. The third-order valence-electron chi connectivity index (χ3n) is 7.51. The van der Waals surface area contributed by atoms with Crippen LogP contribution in [-0.4, -0.2) is 78.9 Å². The molecule has 2 aliphatic rings. The number of aliphatic hydroxyl groups is 3. The van der Waals surface area contributed by atoms with Crippen LogP contribution < -0.4 is 10.6 Å². The van der Waals surface area contributed by atoms with Crippen molar-refractivity contribution in [3.05, 3.63) is 23.7 Å². The lowest BCUT2D eigenvalue weighted by Gasteiger charge is -2.28. The van der Waals surface area contributed by atoms with Gasteiger partial charge in [-0.05, 0) is 58.9 Å². The second-order valence-electron chi connectivity index (χ2n) is 10.8. The Labute approximate surface area is 220 Å². The van der Waals surface area contributed by atoms with Crippen molar-refractivity contribution < 1.29 is 20.1 Å². The van der Waals surface area contributed by atoms with Crippen molar-refractivity contribution in [2.24, 2.45) is 11.8 Å². The zero-order valence-corrected chi connectivity index (χ0v) is 22.5. The molecule has 1 aliphatic heterocycles. The van der Waals surface area contributed by atoms with Crippen molar-refractivity contribution in [1.29, 1.82) is 0 Å². The van der Waals surface area contributed by atoms with E-state index < -0.39 is 29.8 Å². The largest absolute Gasteiger partial charge is 0.390 e. The molecule has 11 heteroatoms. The number of thiazole rings is 1. The molecule has 0 aromatic carbocycles. The number of hydrogen-bond donors (Lipinski definition) is 5. The highest BCUT2D eigenvalue weighted by atomic mass is 32.1. The van der Waals surface area contributed by atoms with E-state index in [0.29, 0.717) is 30.6 Å². The molecule has 0 radical (unpaired) electrons. The first-order valence-electron chi connectivity index (χ1n) is 12.9. The van der Waals surface area contributed by atoms with Gasteiger partial charge in [0, 0.05) is 25.3 Å². The first-order valence-corrected chi connectivity index (χ1v) is 13.7. The number of fused-ring (bicyclic) bond motifs is 1. The van der Waals surface area contributed by atoms with Gasteiger partial charge in [0.15, 0.2) is 0 Å². The van der Waals surface area contributed by atoms with E-state index >= 15 is 0 Å². The van der Waals surface area contributed by atoms with Crippen LogP contribution in [0.5, 0.6) is 0 Å². The first-order chi connectivity index (χ1) is 17.6. The van der Waals surface area contributed by atoms with E-state index in [2.05, 4.69) is 15.6 Å². The maximum atomic E-state index is 10.9. The van der Waals surface area contributed by atoms with Gasteiger partial charge in [-0.15, -0.1) is 11.3 Å². The van der Waals surface area contributed by atoms with E-state index in [1.165, 1.54) is 11.3 Å². The Morgan fingerprint density at radius 2 is 1.95 bits per heavy atom. The Kier molecular flexibility index (Phi) is 7.34. The SMILES string of the molecule is Cc1nc(NCC2CCCOC2)nc(N[C@@H]2C[C@H](C(C)(C)O)[C@@H](O)[C@H]2O)c1-c1nc2c(C)nccc2s1. The van der Waals surface area contributed by atoms with Crippen molar-refractivity contribution in [3.63, 3.8) is 0 Å². The second-order valence-corrected chi connectivity index (χ2v) is 11.8. The molecule has 5 rings (SSSR count). The van der Waals surface area contributed by atoms with Crippen LogP contribution in [0.4, 0.5) is 11.8 Å². The smallest absolute Gasteiger partial charge is 0.224 e. The number of ether oxygens (including phenoxy) is 1. The van der Waals surface area contributed by atoms with Gasteiger partial charge in [0.25, 0.3) is 0 Å². The van der Waals surface area contributed by atoms with Crippen LogP contribution in [0.3, 0.4) is 0 Å². The fraction of sp³-hybridized carbons (Fsp3) is 0.615. The molecule has 0 spiro atoms. The molecule has 4 heterocycles. The summed E-state index contributed by atoms with van der Waals surface area (Å²) in [6.07, 6.45) is 2.20. The number of hydrogen-bond acceptors (Lipinski definition) is 11. The van der Waals surface area contributed by atoms with Gasteiger partial charge >= 0.3 is 0 Å². The minimum Gasteiger partial charge on any atom is -0.390 e. The molecular weight excluding hydrogens is 492 g/mol. The quantitative estimate of drug-likeness (QED) is 0.310. The summed E-state index contributed by atoms with van der Waals surface area (Å²) in [7, 11) is 0. The Bertz CT molecular complexity index is 1260. The fourth-order valence-electron chi connectivity index (χ4n) is 5.36. The summed E-state index contributed by atoms with van der Waals surface area (Å²) in [6.45, 7) is 9.41. The Balaban J connectivity index is 1.50. The highest BCUT2D eigenvalue weighted by Crippen LogP contribution is 2.40. The van der Waals surface area contributed by atoms with Gasteiger partial charge in [0.1, 0.15) is 22.4 Å². The third kappa shape index (κ3) is 5.42. The minimum absolute atomic E-state index is 0.388. The lowest BCUT2D eigenvalue weighted by molar-refractivity contribution is -0.0601. The maximum absolute atomic E-state index is 10.9. The molecular formula is C26H36N6O4S. The normalized spacial score (nSPS) is 26.5. The molecule has 200 valence electrons. The van der Waals surface area contributed by atoms with Crippen molar-refractivity contribution in [2.45, 2.75) is 70.8 Å². The summed E-state index contributed by atoms with van der Waals surface area (Å²) >= 11 is 1.54. The standard InChI is InChI=1S/C26H36N6O4S/c1-13-19(24-31-20-14(2)27-8-7-18(20)37-24)23(30-17-10-16(26(3,4)35)21(33)22(17)34)32-25(29-13)28-11-15-6-5-9-36-12-15/h7-8,15-17,21-22,33-35H,5-6,9-12H2,1-4H3,(H2,28,29,30,32)/t15?,16-,17+,21+,22-/m0/s1. The van der Waals surface area contributed by atoms with Gasteiger partial charge in [-0.2, -0.15) is 4.98 Å². The van der Waals surface area contributed by atoms with E-state index in [0.717, 1.165) is 58.2 Å². The number of nitrogens with one attached hydrogen (secondary N) is 2. The molecule has 3 aromatic rings. The highest BCUT2D eigenvalue weighted by Gasteiger charge is 2.48. The molecule has 1 unspecified atom stereocenters. The number of pyridine rings is 1. The molecule has 0 amide bonds. The number of aromatic nitrogens is 4. The fourth-order valence-corrected chi connectivity index (χ4v) is 6.47. The zero-order chi connectivity index (χ0) is 26.3. The average molecular weight is 529 g/mol. The van der Waals surface area contributed by atoms with Crippen LogP contribution in [0.15, 0.2) is 12.3 Å². The van der Waals surface area contributed by atoms with Crippen LogP contribution >= 0.6 is 11.3 Å². The summed E-state index contributed by atoms with van der Waals surface area (Å²) < 4.78 is 6.62. The number of nitrogens with zero attached hydrogens (tertiary/aromatic N) is 4. The molecule has 3 aromatic heterocycles. The van der Waals surface area contributed by atoms with E-state index in [1.54, 1.807) is 20.0 Å². The molecule has 1 saturated carbocycles. The molecule has 1 saturated heterocycles. The van der Waals surface area contributed by atoms with Gasteiger partial charge < -0.3 is 30.7 Å². The van der Waals surface area contributed by atoms with Crippen molar-refractivity contribution >= 4 is 33.3 Å². The molecule has 37 heavy (non-hydrogen) atoms. The van der Waals surface area contributed by atoms with Gasteiger partial charge in [-0.25, -0.2) is 9.97 Å². The Morgan fingerprint density at radius 1 is 1.14 bits per heavy atom. The summed E-state index contributed by atoms with van der Waals surface area (Å²) in [6, 6.07) is 1.44. The van der Waals surface area contributed by atoms with Crippen molar-refractivity contribution in [3.8, 4) is 10.6 Å². The van der Waals surface area contributed by atoms with Gasteiger partial charge in [0.05, 0.1) is 46.0 Å². The topological polar surface area (TPSA) is 146 Å². The van der Waals surface area contributed by atoms with E-state index in [-0.39, 0.29) is 0 Å². The summed E-state index contributed by atoms with van der Waals surface area (Å²) in [5.74, 6) is 0.937. The lowest BCUT2D eigenvalue weighted by atomic mass is 9.88. The molecule has 10 nitrogen and oxygen atoms in total. The molecule has 1 aliphatic carbocycles.